The van der Waals surface area contributed by atoms with Gasteiger partial charge >= 0.3 is 0 Å². The molecule has 0 bridgehead atoms. The van der Waals surface area contributed by atoms with E-state index in [4.69, 9.17) is 4.74 Å². The van der Waals surface area contributed by atoms with Crippen molar-refractivity contribution in [2.24, 2.45) is 0 Å². The van der Waals surface area contributed by atoms with Gasteiger partial charge in [-0.3, -0.25) is 9.69 Å². The quantitative estimate of drug-likeness (QED) is 0.862. The number of benzene rings is 1. The first-order valence-electron chi connectivity index (χ1n) is 8.59. The number of ether oxygens (including phenoxy) is 1. The van der Waals surface area contributed by atoms with Gasteiger partial charge in [-0.25, -0.2) is 0 Å². The third kappa shape index (κ3) is 4.53. The lowest BCUT2D eigenvalue weighted by molar-refractivity contribution is -0.130. The van der Waals surface area contributed by atoms with Gasteiger partial charge in [0.05, 0.1) is 6.10 Å². The van der Waals surface area contributed by atoms with E-state index >= 15 is 0 Å². The molecule has 2 saturated heterocycles. The first-order chi connectivity index (χ1) is 11.2. The van der Waals surface area contributed by atoms with Gasteiger partial charge in [0.1, 0.15) is 6.10 Å². The molecule has 2 aliphatic heterocycles. The van der Waals surface area contributed by atoms with Crippen LogP contribution in [0.1, 0.15) is 36.8 Å². The second-order valence-corrected chi connectivity index (χ2v) is 6.50. The van der Waals surface area contributed by atoms with Crippen LogP contribution in [0.25, 0.3) is 0 Å². The van der Waals surface area contributed by atoms with E-state index in [9.17, 15) is 9.90 Å². The Bertz CT molecular complexity index is 521. The van der Waals surface area contributed by atoms with Gasteiger partial charge in [0.25, 0.3) is 0 Å². The zero-order valence-corrected chi connectivity index (χ0v) is 13.5. The van der Waals surface area contributed by atoms with E-state index < -0.39 is 0 Å². The van der Waals surface area contributed by atoms with Crippen LogP contribution in [0.15, 0.2) is 24.3 Å². The summed E-state index contributed by atoms with van der Waals surface area (Å²) in [6, 6.07) is 8.25. The molecule has 0 aromatic heterocycles. The summed E-state index contributed by atoms with van der Waals surface area (Å²) in [5, 5.41) is 12.6. The maximum absolute atomic E-state index is 12.1. The molecule has 1 aromatic carbocycles. The van der Waals surface area contributed by atoms with E-state index in [2.05, 4.69) is 22.3 Å². The molecule has 2 fully saturated rings. The minimum Gasteiger partial charge on any atom is -0.393 e. The fourth-order valence-electron chi connectivity index (χ4n) is 3.28. The molecule has 5 heteroatoms. The van der Waals surface area contributed by atoms with Crippen LogP contribution < -0.4 is 5.32 Å². The number of carbonyl (C=O) groups is 1. The summed E-state index contributed by atoms with van der Waals surface area (Å²) in [6.07, 6.45) is 3.06. The molecule has 0 radical (unpaired) electrons. The van der Waals surface area contributed by atoms with Crippen molar-refractivity contribution in [3.8, 4) is 0 Å². The highest BCUT2D eigenvalue weighted by Crippen LogP contribution is 2.17. The summed E-state index contributed by atoms with van der Waals surface area (Å²) in [4.78, 5) is 14.5. The van der Waals surface area contributed by atoms with Gasteiger partial charge in [-0.05, 0) is 36.8 Å². The van der Waals surface area contributed by atoms with Crippen LogP contribution >= 0.6 is 0 Å². The average Bonchev–Trinajstić information content (AvgIpc) is 3.10. The molecule has 0 spiro atoms. The zero-order chi connectivity index (χ0) is 16.1. The fourth-order valence-corrected chi connectivity index (χ4v) is 3.28. The lowest BCUT2D eigenvalue weighted by atomic mass is 10.0. The number of likely N-dealkylation sites (tertiary alicyclic amines) is 1. The van der Waals surface area contributed by atoms with Crippen molar-refractivity contribution >= 4 is 5.91 Å². The lowest BCUT2D eigenvalue weighted by Crippen LogP contribution is -2.36. The maximum atomic E-state index is 12.1. The van der Waals surface area contributed by atoms with Crippen molar-refractivity contribution in [1.29, 1.82) is 0 Å². The molecule has 1 amide bonds. The van der Waals surface area contributed by atoms with Crippen LogP contribution in [0.5, 0.6) is 0 Å². The topological polar surface area (TPSA) is 61.8 Å². The Balaban J connectivity index is 1.55. The van der Waals surface area contributed by atoms with Crippen LogP contribution in [0.4, 0.5) is 0 Å². The molecule has 1 unspecified atom stereocenters. The summed E-state index contributed by atoms with van der Waals surface area (Å²) in [7, 11) is 0. The molecular formula is C18H26N2O3. The smallest absolute Gasteiger partial charge is 0.249 e. The number of nitrogens with zero attached hydrogens (tertiary/aromatic N) is 1. The van der Waals surface area contributed by atoms with Crippen LogP contribution in [0.2, 0.25) is 0 Å². The van der Waals surface area contributed by atoms with E-state index in [1.54, 1.807) is 0 Å². The Morgan fingerprint density at radius 3 is 2.65 bits per heavy atom. The van der Waals surface area contributed by atoms with E-state index in [0.717, 1.165) is 50.9 Å². The highest BCUT2D eigenvalue weighted by atomic mass is 16.5. The van der Waals surface area contributed by atoms with Crippen molar-refractivity contribution in [3.05, 3.63) is 35.4 Å². The number of amides is 1. The average molecular weight is 318 g/mol. The van der Waals surface area contributed by atoms with Crippen LogP contribution in [-0.2, 0) is 22.6 Å². The number of nitrogens with one attached hydrogen (secondary N) is 1. The van der Waals surface area contributed by atoms with Gasteiger partial charge in [-0.15, -0.1) is 0 Å². The number of rotatable bonds is 5. The van der Waals surface area contributed by atoms with Gasteiger partial charge in [-0.1, -0.05) is 24.3 Å². The fraction of sp³-hybridized carbons (Fsp3) is 0.611. The van der Waals surface area contributed by atoms with Crippen molar-refractivity contribution in [1.82, 2.24) is 10.2 Å². The van der Waals surface area contributed by atoms with Gasteiger partial charge < -0.3 is 15.2 Å². The molecule has 23 heavy (non-hydrogen) atoms. The number of aliphatic hydroxyl groups excluding tert-OH is 1. The van der Waals surface area contributed by atoms with E-state index in [-0.39, 0.29) is 18.1 Å². The Labute approximate surface area is 137 Å². The third-order valence-corrected chi connectivity index (χ3v) is 4.74. The molecule has 126 valence electrons. The predicted molar refractivity (Wildman–Crippen MR) is 87.8 cm³/mol. The van der Waals surface area contributed by atoms with Gasteiger partial charge in [0.15, 0.2) is 0 Å². The number of carbonyl (C=O) groups excluding carboxylic acids is 1. The molecule has 2 aliphatic rings. The molecular weight excluding hydrogens is 292 g/mol. The monoisotopic (exact) mass is 318 g/mol. The van der Waals surface area contributed by atoms with E-state index in [1.165, 1.54) is 5.56 Å². The second kappa shape index (κ2) is 7.90. The molecule has 5 nitrogen and oxygen atoms in total. The molecule has 0 saturated carbocycles. The van der Waals surface area contributed by atoms with Crippen molar-refractivity contribution in [2.45, 2.75) is 51.0 Å². The lowest BCUT2D eigenvalue weighted by Gasteiger charge is -2.30. The molecule has 1 atom stereocenters. The summed E-state index contributed by atoms with van der Waals surface area (Å²) < 4.78 is 5.42. The molecule has 2 heterocycles. The third-order valence-electron chi connectivity index (χ3n) is 4.74. The standard InChI is InChI=1S/C18H26N2O3/c21-16-7-9-20(10-8-16)13-15-5-2-1-4-14(15)12-19-18(22)17-6-3-11-23-17/h1-2,4-5,16-17,21H,3,6-13H2,(H,19,22). The maximum Gasteiger partial charge on any atom is 0.249 e. The minimum atomic E-state index is -0.272. The molecule has 3 rings (SSSR count). The Morgan fingerprint density at radius 2 is 1.96 bits per heavy atom. The van der Waals surface area contributed by atoms with Crippen molar-refractivity contribution < 1.29 is 14.6 Å². The first kappa shape index (κ1) is 16.4. The van der Waals surface area contributed by atoms with E-state index in [0.29, 0.717) is 13.2 Å². The normalized spacial score (nSPS) is 23.1. The van der Waals surface area contributed by atoms with Crippen LogP contribution in [0, 0.1) is 0 Å². The van der Waals surface area contributed by atoms with Crippen molar-refractivity contribution in [3.63, 3.8) is 0 Å². The zero-order valence-electron chi connectivity index (χ0n) is 13.5. The van der Waals surface area contributed by atoms with Crippen LogP contribution in [0.3, 0.4) is 0 Å². The predicted octanol–water partition coefficient (Wildman–Crippen LogP) is 1.44. The Hall–Kier alpha value is -1.43. The highest BCUT2D eigenvalue weighted by Gasteiger charge is 2.23. The number of hydrogen-bond acceptors (Lipinski definition) is 4. The van der Waals surface area contributed by atoms with Crippen molar-refractivity contribution in [2.75, 3.05) is 19.7 Å². The minimum absolute atomic E-state index is 0.00148. The Morgan fingerprint density at radius 1 is 1.22 bits per heavy atom. The highest BCUT2D eigenvalue weighted by molar-refractivity contribution is 5.80. The molecule has 0 aliphatic carbocycles. The van der Waals surface area contributed by atoms with Gasteiger partial charge in [0, 0.05) is 32.8 Å². The number of hydrogen-bond donors (Lipinski definition) is 2. The summed E-state index contributed by atoms with van der Waals surface area (Å²) in [5.41, 5.74) is 2.40. The summed E-state index contributed by atoms with van der Waals surface area (Å²) in [5.74, 6) is -0.00148. The molecule has 2 N–H and O–H groups in total. The molecule has 1 aromatic rings. The first-order valence-corrected chi connectivity index (χ1v) is 8.59. The Kier molecular flexibility index (Phi) is 5.65. The summed E-state index contributed by atoms with van der Waals surface area (Å²) in [6.45, 7) is 3.97. The van der Waals surface area contributed by atoms with Gasteiger partial charge in [-0.2, -0.15) is 0 Å². The second-order valence-electron chi connectivity index (χ2n) is 6.50. The largest absolute Gasteiger partial charge is 0.393 e. The van der Waals surface area contributed by atoms with Gasteiger partial charge in [0.2, 0.25) is 5.91 Å². The van der Waals surface area contributed by atoms with E-state index in [1.807, 2.05) is 12.1 Å². The summed E-state index contributed by atoms with van der Waals surface area (Å²) >= 11 is 0. The van der Waals surface area contributed by atoms with Crippen LogP contribution in [-0.4, -0.2) is 47.8 Å². The number of piperidine rings is 1. The SMILES string of the molecule is O=C(NCc1ccccc1CN1CCC(O)CC1)C1CCCO1. The number of aliphatic hydroxyl groups is 1.